The van der Waals surface area contributed by atoms with Gasteiger partial charge in [-0.2, -0.15) is 0 Å². The van der Waals surface area contributed by atoms with Gasteiger partial charge in [0.2, 0.25) is 0 Å². The Bertz CT molecular complexity index is 2400. The molecule has 5 heterocycles. The number of hydrogen-bond acceptors (Lipinski definition) is 6. The second-order valence-electron chi connectivity index (χ2n) is 10.2. The molecule has 0 atom stereocenters. The van der Waals surface area contributed by atoms with E-state index in [2.05, 4.69) is 19.1 Å². The molecule has 0 aliphatic carbocycles. The van der Waals surface area contributed by atoms with E-state index in [1.54, 1.807) is 0 Å². The smallest absolute Gasteiger partial charge is 0.357 e. The van der Waals surface area contributed by atoms with Crippen LogP contribution in [-0.2, 0) is 19.5 Å². The third kappa shape index (κ3) is 3.64. The van der Waals surface area contributed by atoms with Gasteiger partial charge in [-0.25, -0.2) is 9.97 Å². The summed E-state index contributed by atoms with van der Waals surface area (Å²) in [6.07, 6.45) is 0. The molecule has 9 rings (SSSR count). The van der Waals surface area contributed by atoms with Crippen LogP contribution >= 0.6 is 0 Å². The van der Waals surface area contributed by atoms with Crippen LogP contribution in [0.1, 0.15) is 5.56 Å². The summed E-state index contributed by atoms with van der Waals surface area (Å²) in [5.74, 6) is 2.21. The molecule has 2 aliphatic heterocycles. The fourth-order valence-corrected chi connectivity index (χ4v) is 5.62. The van der Waals surface area contributed by atoms with E-state index in [0.29, 0.717) is 45.9 Å². The largest absolute Gasteiger partial charge is 2.00 e. The van der Waals surface area contributed by atoms with Crippen molar-refractivity contribution in [2.45, 2.75) is 6.92 Å². The molecular weight excluding hydrogens is 574 g/mol. The molecule has 192 valence electrons. The molecule has 4 aromatic carbocycles. The van der Waals surface area contributed by atoms with Crippen LogP contribution in [0.3, 0.4) is 0 Å². The summed E-state index contributed by atoms with van der Waals surface area (Å²) in [4.78, 5) is 39.5. The number of nitrogens with zero attached hydrogens (tertiary/aromatic N) is 8. The van der Waals surface area contributed by atoms with Gasteiger partial charge in [-0.3, -0.25) is 0 Å². The summed E-state index contributed by atoms with van der Waals surface area (Å²) in [6, 6.07) is 30.1. The van der Waals surface area contributed by atoms with Gasteiger partial charge in [0.25, 0.3) is 0 Å². The fraction of sp³-hybridized carbons (Fsp3) is 0.0303. The molecule has 0 N–H and O–H groups in total. The molecule has 0 unspecified atom stereocenters. The second-order valence-corrected chi connectivity index (χ2v) is 10.2. The summed E-state index contributed by atoms with van der Waals surface area (Å²) in [5.41, 5.74) is 6.91. The second kappa shape index (κ2) is 9.19. The van der Waals surface area contributed by atoms with Gasteiger partial charge >= 0.3 is 19.5 Å². The van der Waals surface area contributed by atoms with Gasteiger partial charge < -0.3 is 29.9 Å². The van der Waals surface area contributed by atoms with Gasteiger partial charge in [0.15, 0.2) is 0 Å². The number of rotatable bonds is 0. The Hall–Kier alpha value is -5.14. The fourth-order valence-electron chi connectivity index (χ4n) is 5.62. The number of aromatic nitrogens is 8. The first-order valence-corrected chi connectivity index (χ1v) is 13.3. The van der Waals surface area contributed by atoms with E-state index in [-0.39, 0.29) is 19.5 Å². The van der Waals surface area contributed by atoms with Gasteiger partial charge in [-0.1, -0.05) is 96.6 Å². The van der Waals surface area contributed by atoms with E-state index < -0.39 is 0 Å². The number of aryl methyl sites for hydroxylation is 1. The topological polar surface area (TPSA) is 106 Å². The van der Waals surface area contributed by atoms with E-state index in [4.69, 9.17) is 39.9 Å². The van der Waals surface area contributed by atoms with Crippen LogP contribution in [0.25, 0.3) is 89.7 Å². The van der Waals surface area contributed by atoms with Crippen LogP contribution in [0, 0.1) is 6.92 Å². The average Bonchev–Trinajstić information content (AvgIpc) is 3.72. The van der Waals surface area contributed by atoms with Crippen molar-refractivity contribution in [2.75, 3.05) is 0 Å². The summed E-state index contributed by atoms with van der Waals surface area (Å²) < 4.78 is 0. The van der Waals surface area contributed by atoms with Crippen molar-refractivity contribution in [1.29, 1.82) is 0 Å². The first kappa shape index (κ1) is 24.6. The maximum Gasteiger partial charge on any atom is 2.00 e. The van der Waals surface area contributed by atoms with Crippen LogP contribution in [0.5, 0.6) is 0 Å². The Morgan fingerprint density at radius 1 is 0.405 bits per heavy atom. The molecule has 8 bridgehead atoms. The minimum absolute atomic E-state index is 0. The molecule has 2 aliphatic rings. The quantitative estimate of drug-likeness (QED) is 0.186. The molecule has 0 spiro atoms. The van der Waals surface area contributed by atoms with Crippen LogP contribution in [0.4, 0.5) is 0 Å². The first-order valence-electron chi connectivity index (χ1n) is 13.3. The maximum atomic E-state index is 4.99. The van der Waals surface area contributed by atoms with Crippen molar-refractivity contribution >= 4 is 44.1 Å². The van der Waals surface area contributed by atoms with E-state index >= 15 is 0 Å². The first-order chi connectivity index (χ1) is 20.2. The van der Waals surface area contributed by atoms with E-state index in [1.807, 2.05) is 78.9 Å². The molecule has 0 saturated carbocycles. The Labute approximate surface area is 251 Å². The summed E-state index contributed by atoms with van der Waals surface area (Å²) >= 11 is 0. The molecule has 42 heavy (non-hydrogen) atoms. The van der Waals surface area contributed by atoms with Crippen molar-refractivity contribution in [3.05, 3.63) is 96.6 Å². The van der Waals surface area contributed by atoms with E-state index in [1.165, 1.54) is 0 Å². The van der Waals surface area contributed by atoms with Crippen LogP contribution in [0.15, 0.2) is 91.0 Å². The molecule has 3 aromatic heterocycles. The zero-order valence-corrected chi connectivity index (χ0v) is 25.4. The van der Waals surface area contributed by atoms with E-state index in [9.17, 15) is 0 Å². The predicted octanol–water partition coefficient (Wildman–Crippen LogP) is 6.43. The van der Waals surface area contributed by atoms with Crippen molar-refractivity contribution in [1.82, 2.24) is 39.9 Å². The molecule has 0 fully saturated rings. The van der Waals surface area contributed by atoms with Gasteiger partial charge in [0.05, 0.1) is 23.3 Å². The molecule has 7 aromatic rings. The minimum atomic E-state index is 0. The Balaban J connectivity index is 0.00000267. The minimum Gasteiger partial charge on any atom is -0.357 e. The predicted molar refractivity (Wildman–Crippen MR) is 159 cm³/mol. The molecule has 0 saturated heterocycles. The van der Waals surface area contributed by atoms with Crippen LogP contribution in [-0.4, -0.2) is 29.9 Å². The van der Waals surface area contributed by atoms with Crippen LogP contribution in [0.2, 0.25) is 0 Å². The van der Waals surface area contributed by atoms with E-state index in [0.717, 1.165) is 49.4 Å². The number of hydrogen-bond donors (Lipinski definition) is 0. The normalized spacial score (nSPS) is 11.7. The molecule has 9 heteroatoms. The summed E-state index contributed by atoms with van der Waals surface area (Å²) in [6.45, 7) is 2.06. The number of benzene rings is 4. The number of fused-ring (bicyclic) bond motifs is 20. The average molecular weight is 592 g/mol. The third-order valence-electron chi connectivity index (χ3n) is 7.58. The Kier molecular flexibility index (Phi) is 5.39. The van der Waals surface area contributed by atoms with Gasteiger partial charge in [0, 0.05) is 44.8 Å². The standard InChI is InChI=1S/C33H18N8.Zn/c1-17-14-15-24-25(16-17)33-40-31-23-13-7-6-12-22(23)29(38-31)36-27-19-9-3-2-8-18(19)26(34-27)35-28-20-10-4-5-11-21(20)30(37-28)39-32(24)41-33;/h2-16H,1H3;/q-2;+2. The van der Waals surface area contributed by atoms with Crippen molar-refractivity contribution in [3.8, 4) is 45.6 Å². The van der Waals surface area contributed by atoms with Gasteiger partial charge in [-0.15, -0.1) is 0 Å². The van der Waals surface area contributed by atoms with Crippen molar-refractivity contribution < 1.29 is 19.5 Å². The molecule has 0 amide bonds. The third-order valence-corrected chi connectivity index (χ3v) is 7.58. The van der Waals surface area contributed by atoms with Gasteiger partial charge in [0.1, 0.15) is 0 Å². The summed E-state index contributed by atoms with van der Waals surface area (Å²) in [7, 11) is 0. The zero-order chi connectivity index (χ0) is 27.1. The van der Waals surface area contributed by atoms with Crippen molar-refractivity contribution in [2.24, 2.45) is 0 Å². The van der Waals surface area contributed by atoms with Crippen LogP contribution < -0.4 is 9.97 Å². The molecule has 8 nitrogen and oxygen atoms in total. The molecular formula is C33H18N8Zn. The Morgan fingerprint density at radius 3 is 1.19 bits per heavy atom. The molecule has 0 radical (unpaired) electrons. The summed E-state index contributed by atoms with van der Waals surface area (Å²) in [5, 5.41) is 3.60. The monoisotopic (exact) mass is 590 g/mol. The Morgan fingerprint density at radius 2 is 0.762 bits per heavy atom. The zero-order valence-electron chi connectivity index (χ0n) is 22.4. The maximum absolute atomic E-state index is 4.99. The van der Waals surface area contributed by atoms with Crippen molar-refractivity contribution in [3.63, 3.8) is 0 Å². The SMILES string of the molecule is Cc1ccc2c3nc4nc(nc5[n-]c(nc6nc(nc([n-]3)c2c1)-c1ccccc1-6)c1ccccc51)-c1ccccc1-4.[Zn+2]. The van der Waals surface area contributed by atoms with Gasteiger partial charge in [-0.05, 0) is 28.5 Å².